The van der Waals surface area contributed by atoms with Gasteiger partial charge in [-0.1, -0.05) is 23.7 Å². The summed E-state index contributed by atoms with van der Waals surface area (Å²) in [5, 5.41) is 3.54. The van der Waals surface area contributed by atoms with E-state index in [9.17, 15) is 9.59 Å². The van der Waals surface area contributed by atoms with Crippen molar-refractivity contribution in [3.8, 4) is 11.3 Å². The molecule has 0 fully saturated rings. The fourth-order valence-corrected chi connectivity index (χ4v) is 2.86. The standard InChI is InChI=1S/C20H12ClNO4/c21-15-5-2-1-4-13(15)19-11-16(23)14-10-12(7-8-17(14)26-19)22-20(24)18-6-3-9-25-18/h1-11H,(H,22,24). The minimum Gasteiger partial charge on any atom is -0.459 e. The molecule has 2 heterocycles. The van der Waals surface area contributed by atoms with Gasteiger partial charge >= 0.3 is 0 Å². The average Bonchev–Trinajstić information content (AvgIpc) is 3.17. The quantitative estimate of drug-likeness (QED) is 0.557. The second kappa shape index (κ2) is 6.54. The molecule has 5 nitrogen and oxygen atoms in total. The number of furan rings is 1. The molecule has 0 bridgehead atoms. The summed E-state index contributed by atoms with van der Waals surface area (Å²) in [5.74, 6) is 0.179. The Balaban J connectivity index is 1.73. The van der Waals surface area contributed by atoms with Crippen molar-refractivity contribution in [3.05, 3.63) is 87.9 Å². The number of rotatable bonds is 3. The Morgan fingerprint density at radius 3 is 2.62 bits per heavy atom. The zero-order chi connectivity index (χ0) is 18.1. The molecule has 0 radical (unpaired) electrons. The smallest absolute Gasteiger partial charge is 0.291 e. The van der Waals surface area contributed by atoms with E-state index in [0.717, 1.165) is 0 Å². The third kappa shape index (κ3) is 3.00. The fraction of sp³-hybridized carbons (Fsp3) is 0. The first-order valence-corrected chi connectivity index (χ1v) is 8.17. The number of hydrogen-bond donors (Lipinski definition) is 1. The number of anilines is 1. The molecular weight excluding hydrogens is 354 g/mol. The van der Waals surface area contributed by atoms with E-state index in [0.29, 0.717) is 33.0 Å². The summed E-state index contributed by atoms with van der Waals surface area (Å²) in [7, 11) is 0. The lowest BCUT2D eigenvalue weighted by atomic mass is 10.1. The Morgan fingerprint density at radius 1 is 1.00 bits per heavy atom. The van der Waals surface area contributed by atoms with Gasteiger partial charge in [-0.05, 0) is 42.5 Å². The van der Waals surface area contributed by atoms with Crippen molar-refractivity contribution in [2.75, 3.05) is 5.32 Å². The number of amides is 1. The number of benzene rings is 2. The summed E-state index contributed by atoms with van der Waals surface area (Å²) in [4.78, 5) is 24.6. The molecule has 0 aliphatic heterocycles. The molecule has 0 unspecified atom stereocenters. The van der Waals surface area contributed by atoms with Gasteiger partial charge in [-0.25, -0.2) is 0 Å². The summed E-state index contributed by atoms with van der Waals surface area (Å²) in [6.07, 6.45) is 1.42. The first-order valence-electron chi connectivity index (χ1n) is 7.79. The van der Waals surface area contributed by atoms with Crippen LogP contribution in [0, 0.1) is 0 Å². The van der Waals surface area contributed by atoms with E-state index < -0.39 is 5.91 Å². The average molecular weight is 366 g/mol. The third-order valence-electron chi connectivity index (χ3n) is 3.87. The predicted octanol–water partition coefficient (Wildman–Crippen LogP) is 4.96. The van der Waals surface area contributed by atoms with Crippen LogP contribution in [0.25, 0.3) is 22.3 Å². The lowest BCUT2D eigenvalue weighted by Gasteiger charge is -2.07. The third-order valence-corrected chi connectivity index (χ3v) is 4.20. The molecule has 26 heavy (non-hydrogen) atoms. The highest BCUT2D eigenvalue weighted by atomic mass is 35.5. The van der Waals surface area contributed by atoms with Crippen LogP contribution in [0.2, 0.25) is 5.02 Å². The topological polar surface area (TPSA) is 72.5 Å². The second-order valence-electron chi connectivity index (χ2n) is 5.60. The Kier molecular flexibility index (Phi) is 4.07. The molecular formula is C20H12ClNO4. The van der Waals surface area contributed by atoms with Crippen molar-refractivity contribution in [2.45, 2.75) is 0 Å². The predicted molar refractivity (Wildman–Crippen MR) is 99.6 cm³/mol. The number of nitrogens with one attached hydrogen (secondary N) is 1. The van der Waals surface area contributed by atoms with Crippen LogP contribution in [0.5, 0.6) is 0 Å². The van der Waals surface area contributed by atoms with Crippen LogP contribution in [-0.4, -0.2) is 5.91 Å². The summed E-state index contributed by atoms with van der Waals surface area (Å²) >= 11 is 6.18. The molecule has 128 valence electrons. The normalized spacial score (nSPS) is 10.8. The zero-order valence-corrected chi connectivity index (χ0v) is 14.1. The van der Waals surface area contributed by atoms with Gasteiger partial charge in [0, 0.05) is 17.3 Å². The molecule has 1 N–H and O–H groups in total. The molecule has 4 aromatic rings. The highest BCUT2D eigenvalue weighted by Crippen LogP contribution is 2.29. The minimum absolute atomic E-state index is 0.186. The Hall–Kier alpha value is -3.31. The number of carbonyl (C=O) groups is 1. The van der Waals surface area contributed by atoms with Crippen LogP contribution < -0.4 is 10.7 Å². The largest absolute Gasteiger partial charge is 0.459 e. The van der Waals surface area contributed by atoms with Gasteiger partial charge in [-0.2, -0.15) is 0 Å². The summed E-state index contributed by atoms with van der Waals surface area (Å²) in [6.45, 7) is 0. The van der Waals surface area contributed by atoms with E-state index in [4.69, 9.17) is 20.4 Å². The van der Waals surface area contributed by atoms with Gasteiger partial charge in [-0.3, -0.25) is 9.59 Å². The molecule has 0 aliphatic carbocycles. The highest BCUT2D eigenvalue weighted by molar-refractivity contribution is 6.33. The van der Waals surface area contributed by atoms with E-state index in [1.54, 1.807) is 48.5 Å². The number of fused-ring (bicyclic) bond motifs is 1. The molecule has 4 rings (SSSR count). The van der Waals surface area contributed by atoms with Crippen molar-refractivity contribution >= 4 is 34.2 Å². The fourth-order valence-electron chi connectivity index (χ4n) is 2.63. The SMILES string of the molecule is O=C(Nc1ccc2oc(-c3ccccc3Cl)cc(=O)c2c1)c1ccco1. The molecule has 0 saturated heterocycles. The van der Waals surface area contributed by atoms with Crippen molar-refractivity contribution in [1.82, 2.24) is 0 Å². The number of halogens is 1. The van der Waals surface area contributed by atoms with E-state index in [1.807, 2.05) is 6.07 Å². The van der Waals surface area contributed by atoms with Gasteiger partial charge in [0.1, 0.15) is 11.3 Å². The number of hydrogen-bond acceptors (Lipinski definition) is 4. The molecule has 0 spiro atoms. The summed E-state index contributed by atoms with van der Waals surface area (Å²) in [6, 6.07) is 16.6. The molecule has 6 heteroatoms. The van der Waals surface area contributed by atoms with Gasteiger partial charge < -0.3 is 14.2 Å². The molecule has 1 amide bonds. The molecule has 0 atom stereocenters. The molecule has 0 saturated carbocycles. The van der Waals surface area contributed by atoms with Gasteiger partial charge in [0.2, 0.25) is 0 Å². The zero-order valence-electron chi connectivity index (χ0n) is 13.4. The molecule has 2 aromatic heterocycles. The maximum atomic E-state index is 12.5. The summed E-state index contributed by atoms with van der Waals surface area (Å²) < 4.78 is 10.9. The van der Waals surface area contributed by atoms with Gasteiger partial charge in [0.25, 0.3) is 5.91 Å². The monoisotopic (exact) mass is 365 g/mol. The summed E-state index contributed by atoms with van der Waals surface area (Å²) in [5.41, 5.74) is 1.29. The van der Waals surface area contributed by atoms with Crippen LogP contribution in [0.15, 0.2) is 80.6 Å². The van der Waals surface area contributed by atoms with E-state index in [-0.39, 0.29) is 11.2 Å². The van der Waals surface area contributed by atoms with Crippen molar-refractivity contribution < 1.29 is 13.6 Å². The lowest BCUT2D eigenvalue weighted by Crippen LogP contribution is -2.11. The van der Waals surface area contributed by atoms with Crippen LogP contribution in [-0.2, 0) is 0 Å². The van der Waals surface area contributed by atoms with Crippen molar-refractivity contribution in [2.24, 2.45) is 0 Å². The van der Waals surface area contributed by atoms with Crippen molar-refractivity contribution in [1.29, 1.82) is 0 Å². The van der Waals surface area contributed by atoms with Crippen molar-refractivity contribution in [3.63, 3.8) is 0 Å². The minimum atomic E-state index is -0.397. The lowest BCUT2D eigenvalue weighted by molar-refractivity contribution is 0.0996. The Labute approximate surface area is 152 Å². The Bertz CT molecular complexity index is 1160. The first-order chi connectivity index (χ1) is 12.6. The van der Waals surface area contributed by atoms with Gasteiger partial charge in [0.15, 0.2) is 11.2 Å². The molecule has 2 aromatic carbocycles. The first kappa shape index (κ1) is 16.2. The van der Waals surface area contributed by atoms with E-state index >= 15 is 0 Å². The second-order valence-corrected chi connectivity index (χ2v) is 6.00. The van der Waals surface area contributed by atoms with Gasteiger partial charge in [-0.15, -0.1) is 0 Å². The maximum Gasteiger partial charge on any atom is 0.291 e. The highest BCUT2D eigenvalue weighted by Gasteiger charge is 2.12. The van der Waals surface area contributed by atoms with Gasteiger partial charge in [0.05, 0.1) is 16.7 Å². The number of carbonyl (C=O) groups excluding carboxylic acids is 1. The Morgan fingerprint density at radius 2 is 1.85 bits per heavy atom. The van der Waals surface area contributed by atoms with E-state index in [1.165, 1.54) is 12.3 Å². The van der Waals surface area contributed by atoms with Crippen LogP contribution >= 0.6 is 11.6 Å². The van der Waals surface area contributed by atoms with Crippen LogP contribution in [0.4, 0.5) is 5.69 Å². The van der Waals surface area contributed by atoms with Crippen LogP contribution in [0.3, 0.4) is 0 Å². The van der Waals surface area contributed by atoms with Crippen LogP contribution in [0.1, 0.15) is 10.6 Å². The van der Waals surface area contributed by atoms with E-state index in [2.05, 4.69) is 5.32 Å². The maximum absolute atomic E-state index is 12.5. The molecule has 0 aliphatic rings.